The number of carboxylic acid groups (broad SMARTS) is 1. The molecule has 1 unspecified atom stereocenters. The van der Waals surface area contributed by atoms with Gasteiger partial charge in [0.15, 0.2) is 5.82 Å². The first-order valence-electron chi connectivity index (χ1n) is 6.48. The van der Waals surface area contributed by atoms with E-state index in [1.165, 1.54) is 4.68 Å². The van der Waals surface area contributed by atoms with Crippen molar-refractivity contribution < 1.29 is 9.90 Å². The van der Waals surface area contributed by atoms with E-state index in [4.69, 9.17) is 28.3 Å². The fraction of sp³-hybridized carbons (Fsp3) is 0.385. The molecule has 2 rings (SSSR count). The minimum atomic E-state index is -0.896. The summed E-state index contributed by atoms with van der Waals surface area (Å²) in [6, 6.07) is 4.66. The van der Waals surface area contributed by atoms with Gasteiger partial charge in [0.05, 0.1) is 17.5 Å². The minimum Gasteiger partial charge on any atom is -0.481 e. The average molecular weight is 329 g/mol. The summed E-state index contributed by atoms with van der Waals surface area (Å²) in [6.07, 6.45) is 1.42. The predicted molar refractivity (Wildman–Crippen MR) is 79.5 cm³/mol. The lowest BCUT2D eigenvalue weighted by atomic mass is 10.1. The normalized spacial score (nSPS) is 12.3. The lowest BCUT2D eigenvalue weighted by molar-refractivity contribution is -0.138. The number of halogens is 2. The van der Waals surface area contributed by atoms with Crippen molar-refractivity contribution in [3.8, 4) is 11.4 Å². The maximum absolute atomic E-state index is 11.0. The zero-order valence-electron chi connectivity index (χ0n) is 11.3. The standard InChI is InChI=1S/C13H14Cl2N4O2/c1-2-3-9(7-12(20)21)19-13(16-17-18-19)10-6-8(14)4-5-11(10)15/h4-6,9H,2-3,7H2,1H3,(H,20,21). The first-order chi connectivity index (χ1) is 10.0. The highest BCUT2D eigenvalue weighted by Gasteiger charge is 2.22. The van der Waals surface area contributed by atoms with E-state index in [2.05, 4.69) is 15.5 Å². The second-order valence-corrected chi connectivity index (χ2v) is 5.46. The first-order valence-corrected chi connectivity index (χ1v) is 7.23. The zero-order chi connectivity index (χ0) is 15.4. The zero-order valence-corrected chi connectivity index (χ0v) is 12.8. The van der Waals surface area contributed by atoms with Crippen LogP contribution in [0.2, 0.25) is 10.0 Å². The predicted octanol–water partition coefficient (Wildman–Crippen LogP) is 3.46. The number of benzene rings is 1. The summed E-state index contributed by atoms with van der Waals surface area (Å²) in [7, 11) is 0. The van der Waals surface area contributed by atoms with Crippen molar-refractivity contribution in [3.05, 3.63) is 28.2 Å². The lowest BCUT2D eigenvalue weighted by Crippen LogP contribution is -2.16. The number of rotatable bonds is 6. The summed E-state index contributed by atoms with van der Waals surface area (Å²) >= 11 is 12.1. The highest BCUT2D eigenvalue weighted by molar-refractivity contribution is 6.35. The molecule has 21 heavy (non-hydrogen) atoms. The van der Waals surface area contributed by atoms with Crippen LogP contribution in [0.3, 0.4) is 0 Å². The molecule has 0 aliphatic carbocycles. The number of carboxylic acids is 1. The minimum absolute atomic E-state index is 0.0515. The molecule has 1 aromatic heterocycles. The van der Waals surface area contributed by atoms with Gasteiger partial charge >= 0.3 is 5.97 Å². The number of aliphatic carboxylic acids is 1. The van der Waals surface area contributed by atoms with Gasteiger partial charge in [-0.05, 0) is 35.0 Å². The molecule has 0 fully saturated rings. The molecule has 0 saturated heterocycles. The molecule has 0 bridgehead atoms. The van der Waals surface area contributed by atoms with Crippen LogP contribution in [0.25, 0.3) is 11.4 Å². The second kappa shape index (κ2) is 6.87. The van der Waals surface area contributed by atoms with Gasteiger partial charge in [0.1, 0.15) is 0 Å². The van der Waals surface area contributed by atoms with E-state index in [1.54, 1.807) is 18.2 Å². The first kappa shape index (κ1) is 15.7. The van der Waals surface area contributed by atoms with Gasteiger partial charge in [-0.2, -0.15) is 0 Å². The Morgan fingerprint density at radius 3 is 2.86 bits per heavy atom. The Bertz CT molecular complexity index is 645. The van der Waals surface area contributed by atoms with Crippen molar-refractivity contribution in [1.82, 2.24) is 20.2 Å². The molecule has 0 spiro atoms. The van der Waals surface area contributed by atoms with E-state index >= 15 is 0 Å². The third kappa shape index (κ3) is 3.71. The Labute approximate surface area is 131 Å². The van der Waals surface area contributed by atoms with E-state index < -0.39 is 5.97 Å². The molecule has 1 aromatic carbocycles. The number of nitrogens with zero attached hydrogens (tertiary/aromatic N) is 4. The number of carbonyl (C=O) groups is 1. The van der Waals surface area contributed by atoms with Crippen LogP contribution in [0.4, 0.5) is 0 Å². The molecule has 1 atom stereocenters. The molecule has 1 N–H and O–H groups in total. The quantitative estimate of drug-likeness (QED) is 0.878. The Hall–Kier alpha value is -1.66. The van der Waals surface area contributed by atoms with Gasteiger partial charge in [0.25, 0.3) is 0 Å². The van der Waals surface area contributed by atoms with Gasteiger partial charge in [-0.25, -0.2) is 4.68 Å². The smallest absolute Gasteiger partial charge is 0.305 e. The number of hydrogen-bond acceptors (Lipinski definition) is 4. The molecular weight excluding hydrogens is 315 g/mol. The highest BCUT2D eigenvalue weighted by atomic mass is 35.5. The Morgan fingerprint density at radius 1 is 1.43 bits per heavy atom. The van der Waals surface area contributed by atoms with Gasteiger partial charge < -0.3 is 5.11 Å². The number of aromatic nitrogens is 4. The van der Waals surface area contributed by atoms with Crippen LogP contribution in [-0.4, -0.2) is 31.3 Å². The van der Waals surface area contributed by atoms with E-state index in [9.17, 15) is 4.79 Å². The van der Waals surface area contributed by atoms with E-state index in [1.807, 2.05) is 6.92 Å². The van der Waals surface area contributed by atoms with Crippen LogP contribution < -0.4 is 0 Å². The van der Waals surface area contributed by atoms with Crippen LogP contribution in [-0.2, 0) is 4.79 Å². The van der Waals surface area contributed by atoms with Crippen molar-refractivity contribution in [2.45, 2.75) is 32.2 Å². The van der Waals surface area contributed by atoms with Crippen LogP contribution in [0.5, 0.6) is 0 Å². The summed E-state index contributed by atoms with van der Waals surface area (Å²) < 4.78 is 1.51. The molecule has 1 heterocycles. The molecule has 0 aliphatic heterocycles. The highest BCUT2D eigenvalue weighted by Crippen LogP contribution is 2.31. The summed E-state index contributed by atoms with van der Waals surface area (Å²) in [5, 5.41) is 21.5. The average Bonchev–Trinajstić information content (AvgIpc) is 2.89. The van der Waals surface area contributed by atoms with Gasteiger partial charge in [-0.1, -0.05) is 36.5 Å². The van der Waals surface area contributed by atoms with Crippen LogP contribution in [0.15, 0.2) is 18.2 Å². The topological polar surface area (TPSA) is 80.9 Å². The number of tetrazole rings is 1. The molecule has 2 aromatic rings. The van der Waals surface area contributed by atoms with Crippen molar-refractivity contribution in [3.63, 3.8) is 0 Å². The molecule has 0 amide bonds. The molecular formula is C13H14Cl2N4O2. The van der Waals surface area contributed by atoms with Crippen LogP contribution >= 0.6 is 23.2 Å². The lowest BCUT2D eigenvalue weighted by Gasteiger charge is -2.16. The molecule has 0 saturated carbocycles. The molecule has 112 valence electrons. The Morgan fingerprint density at radius 2 is 2.19 bits per heavy atom. The van der Waals surface area contributed by atoms with Crippen LogP contribution in [0, 0.1) is 0 Å². The van der Waals surface area contributed by atoms with E-state index in [0.717, 1.165) is 6.42 Å². The Kier molecular flexibility index (Phi) is 5.14. The van der Waals surface area contributed by atoms with Crippen molar-refractivity contribution in [1.29, 1.82) is 0 Å². The summed E-state index contributed by atoms with van der Waals surface area (Å²) in [6.45, 7) is 1.98. The van der Waals surface area contributed by atoms with Crippen LogP contribution in [0.1, 0.15) is 32.2 Å². The van der Waals surface area contributed by atoms with Crippen molar-refractivity contribution in [2.24, 2.45) is 0 Å². The van der Waals surface area contributed by atoms with Gasteiger partial charge in [-0.3, -0.25) is 4.79 Å². The maximum Gasteiger partial charge on any atom is 0.305 e. The third-order valence-electron chi connectivity index (χ3n) is 3.04. The Balaban J connectivity index is 2.45. The number of hydrogen-bond donors (Lipinski definition) is 1. The third-order valence-corrected chi connectivity index (χ3v) is 3.60. The monoisotopic (exact) mass is 328 g/mol. The van der Waals surface area contributed by atoms with E-state index in [0.29, 0.717) is 27.9 Å². The fourth-order valence-corrected chi connectivity index (χ4v) is 2.51. The second-order valence-electron chi connectivity index (χ2n) is 4.61. The van der Waals surface area contributed by atoms with Crippen molar-refractivity contribution in [2.75, 3.05) is 0 Å². The van der Waals surface area contributed by atoms with Gasteiger partial charge in [0.2, 0.25) is 0 Å². The SMILES string of the molecule is CCCC(CC(=O)O)n1nnnc1-c1cc(Cl)ccc1Cl. The summed E-state index contributed by atoms with van der Waals surface area (Å²) in [5.74, 6) is -0.478. The largest absolute Gasteiger partial charge is 0.481 e. The van der Waals surface area contributed by atoms with Crippen molar-refractivity contribution >= 4 is 29.2 Å². The molecule has 0 aliphatic rings. The summed E-state index contributed by atoms with van der Waals surface area (Å²) in [5.41, 5.74) is 0.584. The fourth-order valence-electron chi connectivity index (χ4n) is 2.13. The maximum atomic E-state index is 11.0. The summed E-state index contributed by atoms with van der Waals surface area (Å²) in [4.78, 5) is 11.0. The molecule has 6 nitrogen and oxygen atoms in total. The van der Waals surface area contributed by atoms with Gasteiger partial charge in [-0.15, -0.1) is 5.10 Å². The van der Waals surface area contributed by atoms with Gasteiger partial charge in [0, 0.05) is 10.6 Å². The molecule has 8 heteroatoms. The van der Waals surface area contributed by atoms with E-state index in [-0.39, 0.29) is 12.5 Å². The molecule has 0 radical (unpaired) electrons.